The largest absolute Gasteiger partial charge is 0.419 e. The average molecular weight is 109 g/mol. The highest BCUT2D eigenvalue weighted by Crippen LogP contribution is 1.91. The van der Waals surface area contributed by atoms with Crippen molar-refractivity contribution in [1.82, 2.24) is 0 Å². The van der Waals surface area contributed by atoms with Crippen LogP contribution in [0.1, 0.15) is 0 Å². The van der Waals surface area contributed by atoms with Gasteiger partial charge in [-0.3, -0.25) is 0 Å². The Labute approximate surface area is 39.5 Å². The third kappa shape index (κ3) is 5.36. The molecule has 0 fully saturated rings. The Balaban J connectivity index is 3.08. The lowest BCUT2D eigenvalue weighted by Crippen LogP contribution is -1.90. The zero-order chi connectivity index (χ0) is 5.70. The first-order chi connectivity index (χ1) is 3.27. The normalized spacial score (nSPS) is 10.9. The highest BCUT2D eigenvalue weighted by molar-refractivity contribution is 4.74. The van der Waals surface area contributed by atoms with Crippen molar-refractivity contribution in [2.24, 2.45) is 5.90 Å². The number of hydrogen-bond donors (Lipinski definition) is 1. The van der Waals surface area contributed by atoms with Crippen molar-refractivity contribution in [2.75, 3.05) is 0 Å². The summed E-state index contributed by atoms with van der Waals surface area (Å²) in [7, 11) is 0. The quantitative estimate of drug-likeness (QED) is 0.417. The second kappa shape index (κ2) is 3.55. The van der Waals surface area contributed by atoms with Crippen molar-refractivity contribution in [2.45, 2.75) is 6.43 Å². The van der Waals surface area contributed by atoms with Crippen molar-refractivity contribution in [1.29, 1.82) is 0 Å². The highest BCUT2D eigenvalue weighted by atomic mass is 19.3. The molecule has 0 unspecified atom stereocenters. The van der Waals surface area contributed by atoms with Crippen LogP contribution < -0.4 is 5.90 Å². The molecule has 0 spiro atoms. The first-order valence-electron chi connectivity index (χ1n) is 1.57. The number of allylic oxidation sites excluding steroid dienone is 1. The molecule has 0 saturated carbocycles. The summed E-state index contributed by atoms with van der Waals surface area (Å²) in [5.74, 6) is 4.36. The number of nitrogens with two attached hydrogens (primary N) is 1. The Bertz CT molecular complexity index is 64.0. The van der Waals surface area contributed by atoms with Gasteiger partial charge in [-0.05, 0) is 0 Å². The predicted molar refractivity (Wildman–Crippen MR) is 20.4 cm³/mol. The van der Waals surface area contributed by atoms with E-state index in [-0.39, 0.29) is 0 Å². The van der Waals surface area contributed by atoms with Crippen molar-refractivity contribution >= 4 is 0 Å². The maximum absolute atomic E-state index is 11.0. The van der Waals surface area contributed by atoms with E-state index in [0.717, 1.165) is 6.26 Å². The summed E-state index contributed by atoms with van der Waals surface area (Å²) < 4.78 is 22.0. The van der Waals surface area contributed by atoms with Gasteiger partial charge in [0, 0.05) is 6.08 Å². The van der Waals surface area contributed by atoms with Crippen LogP contribution >= 0.6 is 0 Å². The van der Waals surface area contributed by atoms with Crippen LogP contribution in [-0.2, 0) is 4.84 Å². The van der Waals surface area contributed by atoms with E-state index in [2.05, 4.69) is 10.7 Å². The van der Waals surface area contributed by atoms with Gasteiger partial charge in [-0.25, -0.2) is 8.78 Å². The van der Waals surface area contributed by atoms with E-state index in [1.54, 1.807) is 0 Å². The Morgan fingerprint density at radius 1 is 1.57 bits per heavy atom. The Kier molecular flexibility index (Phi) is 3.22. The summed E-state index contributed by atoms with van der Waals surface area (Å²) in [6.07, 6.45) is -1.21. The van der Waals surface area contributed by atoms with E-state index >= 15 is 0 Å². The van der Waals surface area contributed by atoms with E-state index in [9.17, 15) is 8.78 Å². The van der Waals surface area contributed by atoms with Crippen LogP contribution in [0, 0.1) is 0 Å². The first-order valence-corrected chi connectivity index (χ1v) is 1.57. The minimum Gasteiger partial charge on any atom is -0.419 e. The van der Waals surface area contributed by atoms with Gasteiger partial charge in [-0.1, -0.05) is 0 Å². The van der Waals surface area contributed by atoms with E-state index in [4.69, 9.17) is 0 Å². The van der Waals surface area contributed by atoms with E-state index in [0.29, 0.717) is 6.08 Å². The van der Waals surface area contributed by atoms with Gasteiger partial charge in [0.05, 0.1) is 0 Å². The van der Waals surface area contributed by atoms with Gasteiger partial charge >= 0.3 is 0 Å². The minimum atomic E-state index is -2.48. The van der Waals surface area contributed by atoms with Gasteiger partial charge in [0.25, 0.3) is 6.43 Å². The second-order valence-electron chi connectivity index (χ2n) is 0.799. The maximum Gasteiger partial charge on any atom is 0.260 e. The van der Waals surface area contributed by atoms with Crippen LogP contribution in [0.4, 0.5) is 8.78 Å². The third-order valence-corrected chi connectivity index (χ3v) is 0.303. The number of rotatable bonds is 2. The molecule has 7 heavy (non-hydrogen) atoms. The second-order valence-corrected chi connectivity index (χ2v) is 0.799. The molecule has 0 saturated heterocycles. The summed E-state index contributed by atoms with van der Waals surface area (Å²) in [5, 5.41) is 0. The fraction of sp³-hybridized carbons (Fsp3) is 0.333. The number of alkyl halides is 2. The third-order valence-electron chi connectivity index (χ3n) is 0.303. The SMILES string of the molecule is NO/C=C/C(F)F. The molecule has 0 aromatic carbocycles. The van der Waals surface area contributed by atoms with E-state index in [1.165, 1.54) is 0 Å². The molecule has 2 nitrogen and oxygen atoms in total. The predicted octanol–water partition coefficient (Wildman–Crippen LogP) is 0.656. The van der Waals surface area contributed by atoms with Crippen LogP contribution in [0.3, 0.4) is 0 Å². The molecule has 0 aliphatic heterocycles. The lowest BCUT2D eigenvalue weighted by Gasteiger charge is -1.83. The number of halogens is 2. The molecule has 0 aliphatic carbocycles. The summed E-state index contributed by atoms with van der Waals surface area (Å²) in [4.78, 5) is 3.69. The topological polar surface area (TPSA) is 35.2 Å². The molecular weight excluding hydrogens is 104 g/mol. The summed E-state index contributed by atoms with van der Waals surface area (Å²) in [6.45, 7) is 0. The van der Waals surface area contributed by atoms with Crippen LogP contribution in [0.15, 0.2) is 12.3 Å². The lowest BCUT2D eigenvalue weighted by molar-refractivity contribution is 0.191. The molecule has 0 heterocycles. The molecule has 0 rings (SSSR count). The average Bonchev–Trinajstić information content (AvgIpc) is 1.61. The molecule has 2 N–H and O–H groups in total. The van der Waals surface area contributed by atoms with Gasteiger partial charge in [0.2, 0.25) is 0 Å². The summed E-state index contributed by atoms with van der Waals surface area (Å²) in [6, 6.07) is 0. The molecule has 0 amide bonds. The molecule has 0 atom stereocenters. The number of hydrogen-bond acceptors (Lipinski definition) is 2. The Hall–Kier alpha value is -0.640. The van der Waals surface area contributed by atoms with Crippen LogP contribution in [0.25, 0.3) is 0 Å². The Morgan fingerprint density at radius 2 is 2.14 bits per heavy atom. The summed E-state index contributed by atoms with van der Waals surface area (Å²) >= 11 is 0. The van der Waals surface area contributed by atoms with Crippen molar-refractivity contribution in [3.8, 4) is 0 Å². The minimum absolute atomic E-state index is 0.542. The maximum atomic E-state index is 11.0. The zero-order valence-corrected chi connectivity index (χ0v) is 3.47. The van der Waals surface area contributed by atoms with Crippen molar-refractivity contribution in [3.05, 3.63) is 12.3 Å². The van der Waals surface area contributed by atoms with Gasteiger partial charge in [-0.15, -0.1) is 0 Å². The zero-order valence-electron chi connectivity index (χ0n) is 3.47. The van der Waals surface area contributed by atoms with Crippen LogP contribution in [0.2, 0.25) is 0 Å². The first kappa shape index (κ1) is 6.36. The van der Waals surface area contributed by atoms with Crippen molar-refractivity contribution < 1.29 is 13.6 Å². The molecule has 42 valence electrons. The smallest absolute Gasteiger partial charge is 0.260 e. The van der Waals surface area contributed by atoms with Gasteiger partial charge in [0.15, 0.2) is 0 Å². The molecular formula is C3H5F2NO. The van der Waals surface area contributed by atoms with Gasteiger partial charge in [0.1, 0.15) is 6.26 Å². The standard InChI is InChI=1S/C3H5F2NO/c4-3(5)1-2-7-6/h1-3H,6H2/b2-1+. The monoisotopic (exact) mass is 109 g/mol. The highest BCUT2D eigenvalue weighted by Gasteiger charge is 1.90. The van der Waals surface area contributed by atoms with Crippen LogP contribution in [-0.4, -0.2) is 6.43 Å². The molecule has 0 bridgehead atoms. The molecule has 0 aliphatic rings. The van der Waals surface area contributed by atoms with Gasteiger partial charge in [-0.2, -0.15) is 5.90 Å². The van der Waals surface area contributed by atoms with E-state index < -0.39 is 6.43 Å². The van der Waals surface area contributed by atoms with Crippen molar-refractivity contribution in [3.63, 3.8) is 0 Å². The molecule has 4 heteroatoms. The molecule has 0 aromatic heterocycles. The van der Waals surface area contributed by atoms with Crippen LogP contribution in [0.5, 0.6) is 0 Å². The van der Waals surface area contributed by atoms with E-state index in [1.807, 2.05) is 0 Å². The lowest BCUT2D eigenvalue weighted by atomic mass is 10.7. The Morgan fingerprint density at radius 3 is 2.29 bits per heavy atom. The summed E-state index contributed by atoms with van der Waals surface area (Å²) in [5.41, 5.74) is 0. The molecule has 0 radical (unpaired) electrons. The fourth-order valence-corrected chi connectivity index (χ4v) is 0.105. The molecule has 0 aromatic rings. The fourth-order valence-electron chi connectivity index (χ4n) is 0.105. The van der Waals surface area contributed by atoms with Gasteiger partial charge < -0.3 is 4.84 Å².